The second kappa shape index (κ2) is 5.04. The molecule has 1 amide bonds. The van der Waals surface area contributed by atoms with E-state index in [-0.39, 0.29) is 24.4 Å². The molecule has 0 radical (unpaired) electrons. The molecule has 0 saturated carbocycles. The van der Waals surface area contributed by atoms with E-state index in [1.54, 1.807) is 6.92 Å². The largest absolute Gasteiger partial charge is 0.298 e. The van der Waals surface area contributed by atoms with Crippen LogP contribution in [-0.4, -0.2) is 15.5 Å². The van der Waals surface area contributed by atoms with Crippen molar-refractivity contribution in [2.24, 2.45) is 5.84 Å². The number of rotatable bonds is 3. The lowest BCUT2D eigenvalue weighted by atomic mass is 10.4. The summed E-state index contributed by atoms with van der Waals surface area (Å²) in [5, 5.41) is 0. The van der Waals surface area contributed by atoms with Crippen molar-refractivity contribution in [3.63, 3.8) is 0 Å². The summed E-state index contributed by atoms with van der Waals surface area (Å²) >= 11 is 3.13. The Hall–Kier alpha value is -1.21. The van der Waals surface area contributed by atoms with Gasteiger partial charge in [0.05, 0.1) is 12.0 Å². The summed E-state index contributed by atoms with van der Waals surface area (Å²) in [7, 11) is 0. The molecule has 0 spiro atoms. The van der Waals surface area contributed by atoms with E-state index in [0.717, 1.165) is 0 Å². The summed E-state index contributed by atoms with van der Waals surface area (Å²) < 4.78 is 1.77. The highest BCUT2D eigenvalue weighted by Gasteiger charge is 2.06. The topological polar surface area (TPSA) is 90.0 Å². The van der Waals surface area contributed by atoms with Crippen molar-refractivity contribution >= 4 is 21.8 Å². The minimum absolute atomic E-state index is 0.146. The summed E-state index contributed by atoms with van der Waals surface area (Å²) in [4.78, 5) is 26.5. The zero-order valence-electron chi connectivity index (χ0n) is 8.16. The molecule has 0 saturated heterocycles. The van der Waals surface area contributed by atoms with Gasteiger partial charge >= 0.3 is 0 Å². The second-order valence-electron chi connectivity index (χ2n) is 2.96. The number of nitrogens with two attached hydrogens (primary N) is 1. The van der Waals surface area contributed by atoms with E-state index in [1.807, 2.05) is 5.43 Å². The summed E-state index contributed by atoms with van der Waals surface area (Å²) in [6.45, 7) is 1.98. The highest BCUT2D eigenvalue weighted by atomic mass is 79.9. The van der Waals surface area contributed by atoms with Crippen LogP contribution >= 0.6 is 15.9 Å². The van der Waals surface area contributed by atoms with Gasteiger partial charge in [0.2, 0.25) is 5.91 Å². The average molecular weight is 275 g/mol. The number of halogens is 1. The van der Waals surface area contributed by atoms with Gasteiger partial charge in [-0.15, -0.1) is 0 Å². The van der Waals surface area contributed by atoms with E-state index >= 15 is 0 Å². The maximum absolute atomic E-state index is 11.6. The zero-order valence-corrected chi connectivity index (χ0v) is 9.74. The van der Waals surface area contributed by atoms with Gasteiger partial charge in [-0.25, -0.2) is 10.8 Å². The van der Waals surface area contributed by atoms with Crippen molar-refractivity contribution in [1.29, 1.82) is 0 Å². The number of nitrogens with one attached hydrogen (secondary N) is 1. The molecule has 0 unspecified atom stereocenters. The van der Waals surface area contributed by atoms with Crippen LogP contribution in [0.4, 0.5) is 0 Å². The fraction of sp³-hybridized carbons (Fsp3) is 0.375. The Morgan fingerprint density at radius 3 is 3.00 bits per heavy atom. The predicted octanol–water partition coefficient (Wildman–Crippen LogP) is -0.306. The number of nitrogens with zero attached hydrogens (tertiary/aromatic N) is 2. The SMILES string of the molecule is Cc1ncn(CCC(=O)NN)c(=O)c1Br. The standard InChI is InChI=1S/C8H11BrN4O2/c1-5-7(9)8(15)13(4-11-5)3-2-6(14)12-10/h4H,2-3,10H2,1H3,(H,12,14). The first kappa shape index (κ1) is 11.9. The molecule has 0 fully saturated rings. The number of amides is 1. The van der Waals surface area contributed by atoms with E-state index in [4.69, 9.17) is 5.84 Å². The minimum atomic E-state index is -0.321. The van der Waals surface area contributed by atoms with Crippen LogP contribution in [0.5, 0.6) is 0 Å². The van der Waals surface area contributed by atoms with E-state index in [9.17, 15) is 9.59 Å². The third kappa shape index (κ3) is 2.87. The van der Waals surface area contributed by atoms with E-state index in [2.05, 4.69) is 20.9 Å². The van der Waals surface area contributed by atoms with Crippen LogP contribution in [0.1, 0.15) is 12.1 Å². The molecule has 0 aliphatic carbocycles. The van der Waals surface area contributed by atoms with Crippen LogP contribution in [0.15, 0.2) is 15.6 Å². The van der Waals surface area contributed by atoms with Crippen molar-refractivity contribution in [2.75, 3.05) is 0 Å². The molecule has 1 aromatic heterocycles. The van der Waals surface area contributed by atoms with Crippen LogP contribution in [0.25, 0.3) is 0 Å². The van der Waals surface area contributed by atoms with Crippen molar-refractivity contribution in [1.82, 2.24) is 15.0 Å². The Kier molecular flexibility index (Phi) is 3.98. The molecule has 6 nitrogen and oxygen atoms in total. The van der Waals surface area contributed by atoms with Gasteiger partial charge in [-0.05, 0) is 22.9 Å². The first-order valence-corrected chi connectivity index (χ1v) is 5.06. The Labute approximate surface area is 94.6 Å². The fourth-order valence-corrected chi connectivity index (χ4v) is 1.33. The third-order valence-electron chi connectivity index (χ3n) is 1.90. The molecule has 3 N–H and O–H groups in total. The molecule has 0 bridgehead atoms. The number of hydrogen-bond acceptors (Lipinski definition) is 4. The third-order valence-corrected chi connectivity index (χ3v) is 2.81. The summed E-state index contributed by atoms with van der Waals surface area (Å²) in [6.07, 6.45) is 1.56. The van der Waals surface area contributed by atoms with Crippen molar-refractivity contribution in [3.8, 4) is 0 Å². The van der Waals surface area contributed by atoms with Crippen LogP contribution < -0.4 is 16.8 Å². The first-order valence-electron chi connectivity index (χ1n) is 4.27. The van der Waals surface area contributed by atoms with Gasteiger partial charge in [-0.3, -0.25) is 19.6 Å². The van der Waals surface area contributed by atoms with Crippen LogP contribution in [0, 0.1) is 6.92 Å². The maximum atomic E-state index is 11.6. The minimum Gasteiger partial charge on any atom is -0.298 e. The van der Waals surface area contributed by atoms with Crippen LogP contribution in [-0.2, 0) is 11.3 Å². The summed E-state index contributed by atoms with van der Waals surface area (Å²) in [5.41, 5.74) is 2.42. The van der Waals surface area contributed by atoms with Crippen molar-refractivity contribution in [2.45, 2.75) is 19.9 Å². The fourth-order valence-electron chi connectivity index (χ4n) is 1.000. The van der Waals surface area contributed by atoms with Crippen molar-refractivity contribution < 1.29 is 4.79 Å². The van der Waals surface area contributed by atoms with E-state index < -0.39 is 0 Å². The van der Waals surface area contributed by atoms with Gasteiger partial charge < -0.3 is 0 Å². The normalized spacial score (nSPS) is 10.1. The van der Waals surface area contributed by atoms with Gasteiger partial charge in [0, 0.05) is 13.0 Å². The number of carbonyl (C=O) groups excluding carboxylic acids is 1. The molecule has 1 heterocycles. The van der Waals surface area contributed by atoms with Gasteiger partial charge in [0.25, 0.3) is 5.56 Å². The van der Waals surface area contributed by atoms with Gasteiger partial charge in [0.15, 0.2) is 0 Å². The Morgan fingerprint density at radius 2 is 2.40 bits per heavy atom. The van der Waals surface area contributed by atoms with Crippen LogP contribution in [0.2, 0.25) is 0 Å². The molecule has 0 aliphatic rings. The lowest BCUT2D eigenvalue weighted by Crippen LogP contribution is -2.32. The molecular weight excluding hydrogens is 264 g/mol. The number of hydrazine groups is 1. The molecule has 0 aliphatic heterocycles. The predicted molar refractivity (Wildman–Crippen MR) is 57.9 cm³/mol. The molecule has 7 heteroatoms. The molecule has 0 atom stereocenters. The monoisotopic (exact) mass is 274 g/mol. The number of aromatic nitrogens is 2. The Bertz CT molecular complexity index is 429. The molecule has 1 rings (SSSR count). The number of aryl methyl sites for hydroxylation is 2. The molecule has 82 valence electrons. The second-order valence-corrected chi connectivity index (χ2v) is 3.75. The lowest BCUT2D eigenvalue weighted by molar-refractivity contribution is -0.121. The zero-order chi connectivity index (χ0) is 11.4. The average Bonchev–Trinajstić information content (AvgIpc) is 2.24. The van der Waals surface area contributed by atoms with E-state index in [0.29, 0.717) is 10.2 Å². The van der Waals surface area contributed by atoms with Gasteiger partial charge in [-0.2, -0.15) is 0 Å². The Morgan fingerprint density at radius 1 is 1.73 bits per heavy atom. The van der Waals surface area contributed by atoms with Crippen molar-refractivity contribution in [3.05, 3.63) is 26.8 Å². The smallest absolute Gasteiger partial charge is 0.267 e. The quantitative estimate of drug-likeness (QED) is 0.450. The van der Waals surface area contributed by atoms with Crippen LogP contribution in [0.3, 0.4) is 0 Å². The maximum Gasteiger partial charge on any atom is 0.267 e. The highest BCUT2D eigenvalue weighted by molar-refractivity contribution is 9.10. The summed E-state index contributed by atoms with van der Waals surface area (Å²) in [5.74, 6) is 4.60. The number of hydrogen-bond donors (Lipinski definition) is 2. The van der Waals surface area contributed by atoms with E-state index in [1.165, 1.54) is 10.9 Å². The Balaban J connectivity index is 2.84. The molecule has 1 aromatic rings. The highest BCUT2D eigenvalue weighted by Crippen LogP contribution is 2.06. The lowest BCUT2D eigenvalue weighted by Gasteiger charge is -2.05. The molecule has 15 heavy (non-hydrogen) atoms. The van der Waals surface area contributed by atoms with Gasteiger partial charge in [0.1, 0.15) is 4.47 Å². The summed E-state index contributed by atoms with van der Waals surface area (Å²) in [6, 6.07) is 0. The first-order chi connectivity index (χ1) is 7.06. The van der Waals surface area contributed by atoms with Gasteiger partial charge in [-0.1, -0.05) is 0 Å². The number of carbonyl (C=O) groups is 1. The molecule has 0 aromatic carbocycles. The molecular formula is C8H11BrN4O2.